The van der Waals surface area contributed by atoms with Gasteiger partial charge < -0.3 is 0 Å². The van der Waals surface area contributed by atoms with Gasteiger partial charge in [0.15, 0.2) is 11.0 Å². The minimum Gasteiger partial charge on any atom is -0.239 e. The van der Waals surface area contributed by atoms with E-state index in [-0.39, 0.29) is 0 Å². The van der Waals surface area contributed by atoms with E-state index in [1.807, 2.05) is 0 Å². The minimum absolute atomic E-state index is 0.436. The van der Waals surface area contributed by atoms with Crippen molar-refractivity contribution in [2.75, 3.05) is 0 Å². The van der Waals surface area contributed by atoms with E-state index in [0.717, 1.165) is 5.69 Å². The van der Waals surface area contributed by atoms with Gasteiger partial charge in [0.25, 0.3) is 0 Å². The zero-order valence-corrected chi connectivity index (χ0v) is 22.9. The van der Waals surface area contributed by atoms with Crippen LogP contribution >= 0.6 is 0 Å². The average molecular weight is 479 g/mol. The van der Waals surface area contributed by atoms with Gasteiger partial charge in [-0.3, -0.25) is 0 Å². The molecule has 184 valence electrons. The van der Waals surface area contributed by atoms with Gasteiger partial charge in [0, 0.05) is 6.07 Å². The number of aromatic nitrogens is 4. The third kappa shape index (κ3) is 4.15. The van der Waals surface area contributed by atoms with Crippen molar-refractivity contribution in [1.29, 1.82) is 0 Å². The lowest BCUT2D eigenvalue weighted by atomic mass is 9.85. The predicted molar refractivity (Wildman–Crippen MR) is 148 cm³/mol. The molecule has 0 saturated heterocycles. The van der Waals surface area contributed by atoms with E-state index in [1.54, 1.807) is 0 Å². The summed E-state index contributed by atoms with van der Waals surface area (Å²) < 4.78 is 8.86. The van der Waals surface area contributed by atoms with E-state index in [4.69, 9.17) is 0 Å². The third-order valence-corrected chi connectivity index (χ3v) is 7.43. The Labute approximate surface area is 215 Å². The smallest absolute Gasteiger partial charge is 0.239 e. The Kier molecular flexibility index (Phi) is 6.07. The van der Waals surface area contributed by atoms with Gasteiger partial charge in [0.05, 0.1) is 14.1 Å². The molecule has 5 aromatic rings. The van der Waals surface area contributed by atoms with Gasteiger partial charge in [-0.05, 0) is 83.3 Å². The molecule has 0 bridgehead atoms. The van der Waals surface area contributed by atoms with E-state index in [0.29, 0.717) is 11.8 Å². The standard InChI is InChI=1S/C32H38N4/c1-21(2)28-10-9-11-29(22(3)4)32(28)25-16-26(35-13-12-33(7)19-35)18-27(17-25)36-20-34(8)30-14-23(5)24(6)15-31(30)36/h9-22H,1-8H3/q+2. The first-order chi connectivity index (χ1) is 17.1. The molecule has 0 aliphatic rings. The van der Waals surface area contributed by atoms with Crippen LogP contribution in [-0.4, -0.2) is 9.13 Å². The molecule has 0 unspecified atom stereocenters. The zero-order chi connectivity index (χ0) is 25.7. The highest BCUT2D eigenvalue weighted by Crippen LogP contribution is 2.38. The Morgan fingerprint density at radius 2 is 1.39 bits per heavy atom. The molecule has 0 saturated carbocycles. The highest BCUT2D eigenvalue weighted by molar-refractivity contribution is 5.80. The van der Waals surface area contributed by atoms with Crippen LogP contribution < -0.4 is 9.13 Å². The molecule has 3 aromatic carbocycles. The quantitative estimate of drug-likeness (QED) is 0.253. The largest absolute Gasteiger partial charge is 0.249 e. The number of rotatable bonds is 5. The Balaban J connectivity index is 1.84. The van der Waals surface area contributed by atoms with Crippen LogP contribution in [0.4, 0.5) is 0 Å². The monoisotopic (exact) mass is 478 g/mol. The van der Waals surface area contributed by atoms with Crippen LogP contribution in [0.25, 0.3) is 33.5 Å². The number of hydrogen-bond donors (Lipinski definition) is 0. The predicted octanol–water partition coefficient (Wildman–Crippen LogP) is 6.60. The molecule has 36 heavy (non-hydrogen) atoms. The summed E-state index contributed by atoms with van der Waals surface area (Å²) in [4.78, 5) is 0. The number of fused-ring (bicyclic) bond motifs is 1. The van der Waals surface area contributed by atoms with E-state index >= 15 is 0 Å². The first-order valence-corrected chi connectivity index (χ1v) is 12.9. The minimum atomic E-state index is 0.436. The van der Waals surface area contributed by atoms with Crippen LogP contribution in [0.5, 0.6) is 0 Å². The first kappa shape index (κ1) is 24.1. The molecule has 2 heterocycles. The van der Waals surface area contributed by atoms with E-state index in [9.17, 15) is 0 Å². The van der Waals surface area contributed by atoms with Crippen molar-refractivity contribution < 1.29 is 9.13 Å². The summed E-state index contributed by atoms with van der Waals surface area (Å²) in [5.74, 6) is 0.872. The Bertz CT molecular complexity index is 1550. The maximum absolute atomic E-state index is 2.37. The lowest BCUT2D eigenvalue weighted by Gasteiger charge is -2.20. The molecule has 2 aromatic heterocycles. The number of imidazole rings is 2. The summed E-state index contributed by atoms with van der Waals surface area (Å²) in [7, 11) is 4.20. The number of benzene rings is 3. The zero-order valence-electron chi connectivity index (χ0n) is 22.9. The van der Waals surface area contributed by atoms with Crippen molar-refractivity contribution >= 4 is 11.0 Å². The normalized spacial score (nSPS) is 11.8. The van der Waals surface area contributed by atoms with Crippen molar-refractivity contribution in [3.8, 4) is 22.5 Å². The molecular formula is C32H38N4+2. The number of hydrogen-bond acceptors (Lipinski definition) is 0. The van der Waals surface area contributed by atoms with E-state index in [2.05, 4.69) is 147 Å². The van der Waals surface area contributed by atoms with Crippen molar-refractivity contribution in [2.45, 2.75) is 53.4 Å². The molecule has 0 atom stereocenters. The topological polar surface area (TPSA) is 17.6 Å². The molecular weight excluding hydrogens is 440 g/mol. The van der Waals surface area contributed by atoms with Crippen molar-refractivity contribution in [3.05, 3.63) is 95.8 Å². The molecule has 0 N–H and O–H groups in total. The van der Waals surface area contributed by atoms with Crippen LogP contribution in [0, 0.1) is 13.8 Å². The third-order valence-electron chi connectivity index (χ3n) is 7.43. The van der Waals surface area contributed by atoms with Gasteiger partial charge in [-0.1, -0.05) is 45.9 Å². The lowest BCUT2D eigenvalue weighted by Crippen LogP contribution is -2.25. The SMILES string of the molecule is Cc1cc2c(cc1C)[n+](C)cn2-c1cc(-c2c(C(C)C)cccc2C(C)C)cc(-n2cc[n+](C)c2)c1. The average Bonchev–Trinajstić information content (AvgIpc) is 3.42. The van der Waals surface area contributed by atoms with Gasteiger partial charge in [-0.2, -0.15) is 4.57 Å². The van der Waals surface area contributed by atoms with Crippen LogP contribution in [0.1, 0.15) is 61.8 Å². The summed E-state index contributed by atoms with van der Waals surface area (Å²) in [6, 6.07) is 18.4. The highest BCUT2D eigenvalue weighted by Gasteiger charge is 2.22. The van der Waals surface area contributed by atoms with Gasteiger partial charge in [0.1, 0.15) is 23.8 Å². The maximum Gasteiger partial charge on any atom is 0.249 e. The fraction of sp³-hybridized carbons (Fsp3) is 0.312. The molecule has 0 aliphatic carbocycles. The Hall–Kier alpha value is -3.66. The second-order valence-electron chi connectivity index (χ2n) is 10.9. The number of aryl methyl sites for hydroxylation is 4. The van der Waals surface area contributed by atoms with Crippen LogP contribution in [0.2, 0.25) is 0 Å². The molecule has 0 spiro atoms. The van der Waals surface area contributed by atoms with Crippen molar-refractivity contribution in [2.24, 2.45) is 14.1 Å². The van der Waals surface area contributed by atoms with Gasteiger partial charge >= 0.3 is 0 Å². The van der Waals surface area contributed by atoms with Gasteiger partial charge in [0.2, 0.25) is 12.7 Å². The summed E-state index contributed by atoms with van der Waals surface area (Å²) in [6.45, 7) is 13.6. The van der Waals surface area contributed by atoms with Crippen molar-refractivity contribution in [3.63, 3.8) is 0 Å². The summed E-state index contributed by atoms with van der Waals surface area (Å²) in [5.41, 5.74) is 12.8. The second-order valence-corrected chi connectivity index (χ2v) is 10.9. The number of nitrogens with zero attached hydrogens (tertiary/aromatic N) is 4. The fourth-order valence-electron chi connectivity index (χ4n) is 5.28. The molecule has 0 aliphatic heterocycles. The fourth-order valence-corrected chi connectivity index (χ4v) is 5.28. The molecule has 0 amide bonds. The van der Waals surface area contributed by atoms with Gasteiger partial charge in [-0.25, -0.2) is 13.7 Å². The second kappa shape index (κ2) is 9.09. The molecule has 0 radical (unpaired) electrons. The van der Waals surface area contributed by atoms with Crippen LogP contribution in [-0.2, 0) is 14.1 Å². The van der Waals surface area contributed by atoms with Crippen molar-refractivity contribution in [1.82, 2.24) is 9.13 Å². The van der Waals surface area contributed by atoms with Crippen LogP contribution in [0.15, 0.2) is 73.6 Å². The van der Waals surface area contributed by atoms with E-state index < -0.39 is 0 Å². The summed E-state index contributed by atoms with van der Waals surface area (Å²) >= 11 is 0. The molecule has 5 rings (SSSR count). The highest BCUT2D eigenvalue weighted by atomic mass is 15.1. The Morgan fingerprint density at radius 3 is 2.00 bits per heavy atom. The molecule has 4 nitrogen and oxygen atoms in total. The molecule has 4 heteroatoms. The molecule has 0 fully saturated rings. The lowest BCUT2D eigenvalue weighted by molar-refractivity contribution is -0.670. The summed E-state index contributed by atoms with van der Waals surface area (Å²) in [6.07, 6.45) is 8.55. The van der Waals surface area contributed by atoms with Crippen LogP contribution in [0.3, 0.4) is 0 Å². The summed E-state index contributed by atoms with van der Waals surface area (Å²) in [5, 5.41) is 0. The maximum atomic E-state index is 2.37. The Morgan fingerprint density at radius 1 is 0.750 bits per heavy atom. The first-order valence-electron chi connectivity index (χ1n) is 12.9. The van der Waals surface area contributed by atoms with Gasteiger partial charge in [-0.15, -0.1) is 0 Å². The van der Waals surface area contributed by atoms with E-state index in [1.165, 1.54) is 50.1 Å².